The molecule has 0 unspecified atom stereocenters. The summed E-state index contributed by atoms with van der Waals surface area (Å²) in [6.45, 7) is 6.35. The van der Waals surface area contributed by atoms with Crippen molar-refractivity contribution in [3.8, 4) is 0 Å². The van der Waals surface area contributed by atoms with Gasteiger partial charge in [0.2, 0.25) is 23.9 Å². The Morgan fingerprint density at radius 2 is 0.889 bits per heavy atom. The van der Waals surface area contributed by atoms with Gasteiger partial charge in [-0.25, -0.2) is 13.2 Å². The highest BCUT2D eigenvalue weighted by Crippen LogP contribution is 2.30. The number of nitrogens with zero attached hydrogens (tertiary/aromatic N) is 8. The van der Waals surface area contributed by atoms with E-state index in [2.05, 4.69) is 4.98 Å². The largest absolute Gasteiger partial charge is 0.396 e. The molecule has 0 spiro atoms. The number of nitro groups is 6. The molecule has 6 aromatic carbocycles. The minimum Gasteiger partial charge on any atom is -0.396 e. The van der Waals surface area contributed by atoms with Crippen molar-refractivity contribution >= 4 is 56.8 Å². The molecule has 0 amide bonds. The summed E-state index contributed by atoms with van der Waals surface area (Å²) in [7, 11) is 10.4. The minimum absolute atomic E-state index is 0.0307. The number of ether oxygens (including phenoxy) is 2. The van der Waals surface area contributed by atoms with Crippen molar-refractivity contribution in [2.24, 2.45) is 0 Å². The number of nitrogens with one attached hydrogen (secondary N) is 1. The third kappa shape index (κ3) is 23.7. The molecule has 0 radical (unpaired) electrons. The van der Waals surface area contributed by atoms with E-state index < -0.39 is 81.1 Å². The number of halogens is 6. The molecule has 0 bridgehead atoms. The maximum atomic E-state index is 13.4. The number of nitrogen functional groups attached to an aromatic ring is 1. The first-order chi connectivity index (χ1) is 37.8. The van der Waals surface area contributed by atoms with Gasteiger partial charge in [-0.05, 0) is 126 Å². The Labute approximate surface area is 457 Å². The fourth-order valence-electron chi connectivity index (χ4n) is 6.02. The van der Waals surface area contributed by atoms with Gasteiger partial charge >= 0.3 is 17.1 Å². The number of methoxy groups -OCH3 is 2. The van der Waals surface area contributed by atoms with Crippen molar-refractivity contribution < 1.29 is 65.4 Å². The van der Waals surface area contributed by atoms with E-state index in [4.69, 9.17) is 15.2 Å². The molecule has 0 aliphatic carbocycles. The molecule has 24 nitrogen and oxygen atoms in total. The smallest absolute Gasteiger partial charge is 0.311 e. The van der Waals surface area contributed by atoms with E-state index in [0.717, 1.165) is 40.2 Å². The first-order valence-corrected chi connectivity index (χ1v) is 22.6. The Bertz CT molecular complexity index is 3080. The lowest BCUT2D eigenvalue weighted by Gasteiger charge is -2.19. The van der Waals surface area contributed by atoms with Gasteiger partial charge in [0.25, 0.3) is 17.1 Å². The zero-order valence-corrected chi connectivity index (χ0v) is 44.8. The lowest BCUT2D eigenvalue weighted by atomic mass is 10.1. The van der Waals surface area contributed by atoms with Crippen molar-refractivity contribution in [1.29, 1.82) is 0 Å². The third-order valence-electron chi connectivity index (χ3n) is 9.82. The highest BCUT2D eigenvalue weighted by atomic mass is 19.1. The number of hydrogen-bond acceptors (Lipinski definition) is 17. The normalized spacial score (nSPS) is 10.1. The van der Waals surface area contributed by atoms with Crippen molar-refractivity contribution in [2.75, 3.05) is 48.1 Å². The van der Waals surface area contributed by atoms with E-state index in [1.807, 2.05) is 45.0 Å². The number of fused-ring (bicyclic) bond motifs is 1. The molecular formula is C51H54F6N10O14. The summed E-state index contributed by atoms with van der Waals surface area (Å²) >= 11 is 0. The zero-order valence-electron chi connectivity index (χ0n) is 44.8. The number of hydrogen-bond donors (Lipinski definition) is 2. The van der Waals surface area contributed by atoms with Crippen LogP contribution < -0.4 is 5.73 Å². The number of benzene rings is 6. The predicted molar refractivity (Wildman–Crippen MR) is 288 cm³/mol. The molecule has 0 saturated heterocycles. The number of nitrogens with two attached hydrogens (primary N) is 1. The Kier molecular flexibility index (Phi) is 28.5. The summed E-state index contributed by atoms with van der Waals surface area (Å²) < 4.78 is 86.0. The van der Waals surface area contributed by atoms with E-state index >= 15 is 0 Å². The molecule has 3 N–H and O–H groups in total. The van der Waals surface area contributed by atoms with Gasteiger partial charge in [-0.1, -0.05) is 24.3 Å². The van der Waals surface area contributed by atoms with E-state index in [1.165, 1.54) is 56.5 Å². The molecule has 0 atom stereocenters. The molecular weight excluding hydrogens is 1090 g/mol. The average molecular weight is 1150 g/mol. The van der Waals surface area contributed by atoms with E-state index in [0.29, 0.717) is 18.2 Å². The molecule has 7 rings (SSSR count). The summed E-state index contributed by atoms with van der Waals surface area (Å²) in [5.41, 5.74) is 4.28. The Hall–Kier alpha value is -9.94. The number of H-pyrrole nitrogens is 1. The summed E-state index contributed by atoms with van der Waals surface area (Å²) in [4.78, 5) is 63.5. The van der Waals surface area contributed by atoms with Gasteiger partial charge in [-0.15, -0.1) is 0 Å². The van der Waals surface area contributed by atoms with Crippen molar-refractivity contribution in [1.82, 2.24) is 14.8 Å². The number of anilines is 1. The van der Waals surface area contributed by atoms with Crippen LogP contribution in [0.15, 0.2) is 116 Å². The highest BCUT2D eigenvalue weighted by molar-refractivity contribution is 5.82. The van der Waals surface area contributed by atoms with E-state index in [9.17, 15) is 87.0 Å². The molecule has 1 heterocycles. The van der Waals surface area contributed by atoms with E-state index in [-0.39, 0.29) is 46.2 Å². The second kappa shape index (κ2) is 33.4. The minimum atomic E-state index is -1.11. The van der Waals surface area contributed by atoms with Gasteiger partial charge in [0.1, 0.15) is 17.5 Å². The molecule has 434 valence electrons. The lowest BCUT2D eigenvalue weighted by molar-refractivity contribution is -0.396. The summed E-state index contributed by atoms with van der Waals surface area (Å²) in [5, 5.41) is 63.3. The van der Waals surface area contributed by atoms with Gasteiger partial charge in [0.15, 0.2) is 0 Å². The monoisotopic (exact) mass is 1140 g/mol. The number of aromatic amines is 1. The Morgan fingerprint density at radius 1 is 0.506 bits per heavy atom. The molecule has 0 aliphatic heterocycles. The van der Waals surface area contributed by atoms with Gasteiger partial charge in [-0.3, -0.25) is 65.6 Å². The summed E-state index contributed by atoms with van der Waals surface area (Å²) in [6, 6.07) is 22.0. The second-order valence-corrected chi connectivity index (χ2v) is 16.6. The Balaban J connectivity index is 0.000000482. The molecule has 30 heteroatoms. The first-order valence-electron chi connectivity index (χ1n) is 22.6. The van der Waals surface area contributed by atoms with Crippen LogP contribution in [0.2, 0.25) is 0 Å². The summed E-state index contributed by atoms with van der Waals surface area (Å²) in [5.74, 6) is -3.94. The van der Waals surface area contributed by atoms with Gasteiger partial charge < -0.3 is 25.1 Å². The third-order valence-corrected chi connectivity index (χ3v) is 9.82. The van der Waals surface area contributed by atoms with Crippen LogP contribution in [0, 0.1) is 123 Å². The Morgan fingerprint density at radius 3 is 1.20 bits per heavy atom. The first kappa shape index (κ1) is 69.1. The van der Waals surface area contributed by atoms with Crippen LogP contribution in [0.25, 0.3) is 17.0 Å². The van der Waals surface area contributed by atoms with Gasteiger partial charge in [-0.2, -0.15) is 13.2 Å². The fraction of sp³-hybridized carbons (Fsp3) is 0.216. The number of nitro benzene ring substituents is 6. The molecule has 81 heavy (non-hydrogen) atoms. The number of rotatable bonds is 11. The molecule has 0 fully saturated rings. The topological polar surface area (TPSA) is 326 Å². The van der Waals surface area contributed by atoms with Crippen LogP contribution in [0.1, 0.15) is 27.8 Å². The number of aromatic nitrogens is 1. The van der Waals surface area contributed by atoms with Crippen LogP contribution in [-0.4, -0.2) is 93.1 Å². The second-order valence-electron chi connectivity index (χ2n) is 16.6. The quantitative estimate of drug-likeness (QED) is 0.0399. The molecule has 0 saturated carbocycles. The average Bonchev–Trinajstić information content (AvgIpc) is 3.81. The van der Waals surface area contributed by atoms with Crippen molar-refractivity contribution in [3.63, 3.8) is 0 Å². The standard InChI is InChI=1S/C10H10FN3O4.C8H7FN2.2C7H5FN2O4.2C7H7F.C5H13NO2/c1-12(2)4-3-7-5-8(11)10(14(17)18)6-9(7)13(15)16;9-6-3-5-1-2-11-8(5)4-7(6)10;2*1-4-2-5(8)7(10(13)14)3-6(4)9(11)12;2*1-6-3-2-4-7(8)5-6;1-6(2)5(7-3)8-4/h3-6H,1-2H3;1-4,11H,10H2;2*2-3H,1H3;2*2-5H,1H3;5H,1-4H3/b4-3+;;;;;;. The SMILES string of the molecule is CN(C)/C=C/c1cc(F)c([N+](=O)[O-])cc1[N+](=O)[O-].COC(OC)N(C)C.Cc1cc(F)c([N+](=O)[O-])cc1[N+](=O)[O-].Cc1cc(F)c([N+](=O)[O-])cc1[N+](=O)[O-].Cc1cccc(F)c1.Cc1cccc(F)c1.Nc1cc2[nH]ccc2cc1F. The predicted octanol–water partition coefficient (Wildman–Crippen LogP) is 12.4. The maximum absolute atomic E-state index is 13.4. The lowest BCUT2D eigenvalue weighted by Crippen LogP contribution is -2.30. The van der Waals surface area contributed by atoms with Crippen LogP contribution in [0.5, 0.6) is 0 Å². The molecule has 1 aromatic heterocycles. The van der Waals surface area contributed by atoms with Crippen LogP contribution >= 0.6 is 0 Å². The van der Waals surface area contributed by atoms with Crippen LogP contribution in [0.4, 0.5) is 66.2 Å². The number of aryl methyl sites for hydroxylation is 4. The van der Waals surface area contributed by atoms with Crippen LogP contribution in [0.3, 0.4) is 0 Å². The molecule has 0 aliphatic rings. The summed E-state index contributed by atoms with van der Waals surface area (Å²) in [6.07, 6.45) is 4.33. The van der Waals surface area contributed by atoms with Gasteiger partial charge in [0, 0.05) is 56.5 Å². The van der Waals surface area contributed by atoms with Gasteiger partial charge in [0.05, 0.1) is 59.0 Å². The maximum Gasteiger partial charge on any atom is 0.311 e. The van der Waals surface area contributed by atoms with Crippen LogP contribution in [-0.2, 0) is 9.47 Å². The molecule has 7 aromatic rings. The highest BCUT2D eigenvalue weighted by Gasteiger charge is 2.25. The van der Waals surface area contributed by atoms with Crippen molar-refractivity contribution in [3.05, 3.63) is 239 Å². The van der Waals surface area contributed by atoms with Crippen molar-refractivity contribution in [2.45, 2.75) is 34.1 Å². The fourth-order valence-corrected chi connectivity index (χ4v) is 6.02. The zero-order chi connectivity index (χ0) is 62.0. The van der Waals surface area contributed by atoms with E-state index in [1.54, 1.807) is 63.7 Å².